The van der Waals surface area contributed by atoms with E-state index in [-0.39, 0.29) is 60.0 Å². The summed E-state index contributed by atoms with van der Waals surface area (Å²) >= 11 is 0. The van der Waals surface area contributed by atoms with Crippen molar-refractivity contribution in [3.63, 3.8) is 0 Å². The lowest BCUT2D eigenvalue weighted by Crippen LogP contribution is -2.54. The molecule has 1 unspecified atom stereocenters. The number of nitrogens with one attached hydrogen (secondary N) is 4. The molecule has 0 radical (unpaired) electrons. The van der Waals surface area contributed by atoms with Gasteiger partial charge in [-0.25, -0.2) is 18.9 Å². The highest BCUT2D eigenvalue weighted by atomic mass is 19.4. The lowest BCUT2D eigenvalue weighted by Gasteiger charge is -2.31. The average Bonchev–Trinajstić information content (AvgIpc) is 3.86. The number of carbonyl (C=O) groups is 9. The van der Waals surface area contributed by atoms with Gasteiger partial charge < -0.3 is 20.3 Å². The van der Waals surface area contributed by atoms with Gasteiger partial charge in [0.1, 0.15) is 24.4 Å². The van der Waals surface area contributed by atoms with Crippen molar-refractivity contribution in [2.75, 3.05) is 23.7 Å². The fraction of sp³-hybridized carbons (Fsp3) is 0.426. The minimum atomic E-state index is -4.85. The highest BCUT2D eigenvalue weighted by Gasteiger charge is 2.59. The van der Waals surface area contributed by atoms with E-state index in [1.165, 1.54) is 24.3 Å². The molecule has 0 saturated carbocycles. The molecule has 1 spiro atoms. The second kappa shape index (κ2) is 20.4. The Hall–Kier alpha value is -7.19. The number of urea groups is 1. The van der Waals surface area contributed by atoms with Crippen LogP contribution in [-0.4, -0.2) is 99.5 Å². The summed E-state index contributed by atoms with van der Waals surface area (Å²) < 4.78 is 60.4. The summed E-state index contributed by atoms with van der Waals surface area (Å²) in [6.07, 6.45) is 0.256. The van der Waals surface area contributed by atoms with Gasteiger partial charge in [0.05, 0.1) is 11.1 Å². The number of hydrogen-bond acceptors (Lipinski definition) is 11. The molecule has 4 N–H and O–H groups in total. The summed E-state index contributed by atoms with van der Waals surface area (Å²) in [5, 5.41) is 10.3. The first kappa shape index (κ1) is 48.7. The summed E-state index contributed by atoms with van der Waals surface area (Å²) in [6, 6.07) is 9.71. The van der Waals surface area contributed by atoms with Gasteiger partial charge in [-0.15, -0.1) is 0 Å². The van der Waals surface area contributed by atoms with E-state index in [1.807, 2.05) is 0 Å². The molecule has 68 heavy (non-hydrogen) atoms. The molecule has 7 rings (SSSR count). The van der Waals surface area contributed by atoms with Crippen LogP contribution >= 0.6 is 0 Å². The number of ether oxygens (including phenoxy) is 1. The number of imide groups is 4. The number of anilines is 2. The number of carbonyl (C=O) groups excluding carboxylic acids is 9. The number of alkyl halides is 3. The summed E-state index contributed by atoms with van der Waals surface area (Å²) in [5.41, 5.74) is 0.537. The molecule has 0 bridgehead atoms. The number of nitrogens with zero attached hydrogens (tertiary/aromatic N) is 3. The van der Waals surface area contributed by atoms with Crippen molar-refractivity contribution < 1.29 is 65.4 Å². The van der Waals surface area contributed by atoms with Crippen LogP contribution in [0.25, 0.3) is 0 Å². The van der Waals surface area contributed by atoms with Gasteiger partial charge in [0.15, 0.2) is 0 Å². The number of halogens is 4. The smallest absolute Gasteiger partial charge is 0.418 e. The minimum Gasteiger partial charge on any atom is -0.427 e. The molecule has 2 fully saturated rings. The van der Waals surface area contributed by atoms with Gasteiger partial charge >= 0.3 is 18.3 Å². The lowest BCUT2D eigenvalue weighted by atomic mass is 9.94. The SMILES string of the molecule is C[C@H](N(Cc1ccc(F)cc1)C(=O)CN1C(=O)O[C@@]2(CCc3cc(NC(=O)NC(=O)CCCCCCCCCNc4ccc5c(c4)C(=O)N(C4CCC(=O)NC4=O)C5=O)ccc32)C1=O)C(F)(F)F. The predicted octanol–water partition coefficient (Wildman–Crippen LogP) is 6.21. The van der Waals surface area contributed by atoms with Gasteiger partial charge in [-0.2, -0.15) is 13.2 Å². The van der Waals surface area contributed by atoms with Crippen molar-refractivity contribution in [3.8, 4) is 0 Å². The molecule has 3 aliphatic heterocycles. The Balaban J connectivity index is 0.790. The first-order valence-corrected chi connectivity index (χ1v) is 22.4. The summed E-state index contributed by atoms with van der Waals surface area (Å²) in [7, 11) is 0. The maximum absolute atomic E-state index is 13.8. The number of aryl methyl sites for hydroxylation is 1. The molecule has 2 saturated heterocycles. The van der Waals surface area contributed by atoms with Crippen molar-refractivity contribution >= 4 is 64.8 Å². The highest BCUT2D eigenvalue weighted by molar-refractivity contribution is 6.23. The average molecular weight is 948 g/mol. The number of benzene rings is 3. The van der Waals surface area contributed by atoms with Crippen LogP contribution in [0.2, 0.25) is 0 Å². The maximum atomic E-state index is 13.8. The molecule has 21 heteroatoms. The standard InChI is InChI=1S/C47H49F4N7O10/c1-27(47(49,50)51)56(25-28-10-12-30(48)13-11-28)39(61)26-57-43(65)46(68-45(57)67)21-20-29-23-32(15-17-35(29)46)53-44(66)55-37(59)9-7-5-3-2-4-6-8-22-52-31-14-16-33-34(24-31)42(64)58(41(33)63)36-18-19-38(60)54-40(36)62/h10-17,23-24,27,36,52H,2-9,18-22,25-26H2,1H3,(H,54,60,62)(H2,53,55,59,66)/t27-,36?,46+/m0/s1. The third-order valence-electron chi connectivity index (χ3n) is 12.5. The molecule has 3 heterocycles. The number of piperidine rings is 1. The zero-order chi connectivity index (χ0) is 48.9. The van der Waals surface area contributed by atoms with Crippen molar-refractivity contribution in [2.24, 2.45) is 0 Å². The molecule has 17 nitrogen and oxygen atoms in total. The van der Waals surface area contributed by atoms with Crippen LogP contribution in [0.5, 0.6) is 0 Å². The van der Waals surface area contributed by atoms with Crippen LogP contribution in [0, 0.1) is 5.82 Å². The Labute approximate surface area is 387 Å². The Morgan fingerprint density at radius 2 is 1.53 bits per heavy atom. The van der Waals surface area contributed by atoms with Crippen molar-refractivity contribution in [1.29, 1.82) is 0 Å². The molecule has 1 aliphatic carbocycles. The minimum absolute atomic E-state index is 0.0248. The maximum Gasteiger partial charge on any atom is 0.418 e. The van der Waals surface area contributed by atoms with Crippen LogP contribution in [0.4, 0.5) is 38.5 Å². The van der Waals surface area contributed by atoms with Crippen LogP contribution in [0.15, 0.2) is 60.7 Å². The normalized spacial score (nSPS) is 19.2. The quantitative estimate of drug-likeness (QED) is 0.0638. The lowest BCUT2D eigenvalue weighted by molar-refractivity contribution is -0.187. The number of unbranched alkanes of at least 4 members (excludes halogenated alkanes) is 6. The third kappa shape index (κ3) is 10.7. The highest BCUT2D eigenvalue weighted by Crippen LogP contribution is 2.46. The van der Waals surface area contributed by atoms with E-state index in [0.717, 1.165) is 62.5 Å². The molecule has 0 aromatic heterocycles. The van der Waals surface area contributed by atoms with E-state index in [0.29, 0.717) is 34.0 Å². The molecule has 360 valence electrons. The van der Waals surface area contributed by atoms with Crippen LogP contribution in [0.1, 0.15) is 115 Å². The Kier molecular flexibility index (Phi) is 14.6. The zero-order valence-corrected chi connectivity index (χ0v) is 37.0. The van der Waals surface area contributed by atoms with Crippen molar-refractivity contribution in [3.05, 3.63) is 94.3 Å². The van der Waals surface area contributed by atoms with Gasteiger partial charge in [0, 0.05) is 49.3 Å². The first-order chi connectivity index (χ1) is 32.4. The molecular formula is C47H49F4N7O10. The molecule has 3 aromatic rings. The fourth-order valence-corrected chi connectivity index (χ4v) is 8.82. The summed E-state index contributed by atoms with van der Waals surface area (Å²) in [4.78, 5) is 117. The molecule has 4 aliphatic rings. The number of hydrogen-bond donors (Lipinski definition) is 4. The Bertz CT molecular complexity index is 2540. The molecule has 3 atom stereocenters. The van der Waals surface area contributed by atoms with E-state index in [2.05, 4.69) is 21.3 Å². The largest absolute Gasteiger partial charge is 0.427 e. The fourth-order valence-electron chi connectivity index (χ4n) is 8.82. The van der Waals surface area contributed by atoms with Gasteiger partial charge in [-0.1, -0.05) is 50.3 Å². The first-order valence-electron chi connectivity index (χ1n) is 22.4. The Morgan fingerprint density at radius 3 is 2.24 bits per heavy atom. The topological polar surface area (TPSA) is 221 Å². The van der Waals surface area contributed by atoms with E-state index in [1.54, 1.807) is 24.3 Å². The van der Waals surface area contributed by atoms with E-state index in [4.69, 9.17) is 4.74 Å². The summed E-state index contributed by atoms with van der Waals surface area (Å²) in [6.45, 7) is -0.209. The van der Waals surface area contributed by atoms with Gasteiger partial charge in [-0.05, 0) is 86.2 Å². The predicted molar refractivity (Wildman–Crippen MR) is 233 cm³/mol. The monoisotopic (exact) mass is 947 g/mol. The second-order valence-corrected chi connectivity index (χ2v) is 17.2. The molecular weight excluding hydrogens is 899 g/mol. The molecule has 3 aromatic carbocycles. The number of rotatable bonds is 18. The van der Waals surface area contributed by atoms with Crippen LogP contribution < -0.4 is 21.3 Å². The Morgan fingerprint density at radius 1 is 0.853 bits per heavy atom. The van der Waals surface area contributed by atoms with Crippen LogP contribution in [-0.2, 0) is 47.3 Å². The zero-order valence-electron chi connectivity index (χ0n) is 37.0. The van der Waals surface area contributed by atoms with E-state index < -0.39 is 96.2 Å². The van der Waals surface area contributed by atoms with Gasteiger partial charge in [-0.3, -0.25) is 49.1 Å². The third-order valence-corrected chi connectivity index (χ3v) is 12.5. The number of fused-ring (bicyclic) bond motifs is 3. The molecule has 10 amide bonds. The van der Waals surface area contributed by atoms with E-state index in [9.17, 15) is 60.7 Å². The van der Waals surface area contributed by atoms with Crippen LogP contribution in [0.3, 0.4) is 0 Å². The second-order valence-electron chi connectivity index (χ2n) is 17.2. The van der Waals surface area contributed by atoms with Gasteiger partial charge in [0.2, 0.25) is 29.2 Å². The van der Waals surface area contributed by atoms with Crippen molar-refractivity contribution in [1.82, 2.24) is 25.3 Å². The van der Waals surface area contributed by atoms with Gasteiger partial charge in [0.25, 0.3) is 17.7 Å². The summed E-state index contributed by atoms with van der Waals surface area (Å²) in [5.74, 6) is -5.44. The number of amides is 10. The van der Waals surface area contributed by atoms with E-state index >= 15 is 0 Å². The van der Waals surface area contributed by atoms with Crippen molar-refractivity contribution in [2.45, 2.75) is 114 Å².